The lowest BCUT2D eigenvalue weighted by molar-refractivity contribution is 0.216. The lowest BCUT2D eigenvalue weighted by Crippen LogP contribution is -2.40. The highest BCUT2D eigenvalue weighted by Crippen LogP contribution is 2.55. The van der Waals surface area contributed by atoms with Crippen LogP contribution in [-0.4, -0.2) is 27.3 Å². The van der Waals surface area contributed by atoms with Gasteiger partial charge < -0.3 is 10.6 Å². The summed E-state index contributed by atoms with van der Waals surface area (Å²) in [6, 6.07) is 14.2. The van der Waals surface area contributed by atoms with Crippen LogP contribution in [0.1, 0.15) is 56.0 Å². The van der Waals surface area contributed by atoms with E-state index in [4.69, 9.17) is 0 Å². The van der Waals surface area contributed by atoms with Crippen molar-refractivity contribution in [1.82, 2.24) is 25.4 Å². The maximum atomic E-state index is 12.4. The first-order valence-electron chi connectivity index (χ1n) is 11.9. The molecular weight excluding hydrogens is 410 g/mol. The van der Waals surface area contributed by atoms with Crippen molar-refractivity contribution in [3.05, 3.63) is 83.4 Å². The van der Waals surface area contributed by atoms with Gasteiger partial charge in [0.2, 0.25) is 0 Å². The summed E-state index contributed by atoms with van der Waals surface area (Å²) in [5.74, 6) is 0.478. The number of carbonyl (C=O) groups excluding carboxylic acids is 1. The molecule has 5 rings (SSSR count). The van der Waals surface area contributed by atoms with Crippen LogP contribution in [0.4, 0.5) is 4.79 Å². The highest BCUT2D eigenvalue weighted by molar-refractivity contribution is 5.74. The van der Waals surface area contributed by atoms with Crippen molar-refractivity contribution >= 4 is 12.1 Å². The Morgan fingerprint density at radius 1 is 1.21 bits per heavy atom. The molecule has 6 heteroatoms. The van der Waals surface area contributed by atoms with E-state index in [2.05, 4.69) is 45.8 Å². The van der Waals surface area contributed by atoms with Crippen LogP contribution in [0.5, 0.6) is 0 Å². The Labute approximate surface area is 195 Å². The summed E-state index contributed by atoms with van der Waals surface area (Å²) >= 11 is 0. The molecule has 33 heavy (non-hydrogen) atoms. The molecule has 2 aliphatic carbocycles. The fourth-order valence-corrected chi connectivity index (χ4v) is 5.61. The number of benzene rings is 1. The first-order chi connectivity index (χ1) is 16.1. The van der Waals surface area contributed by atoms with Gasteiger partial charge in [-0.2, -0.15) is 5.10 Å². The van der Waals surface area contributed by atoms with Crippen molar-refractivity contribution in [2.75, 3.05) is 6.54 Å². The third kappa shape index (κ3) is 4.06. The number of pyridine rings is 1. The summed E-state index contributed by atoms with van der Waals surface area (Å²) in [6.45, 7) is 4.96. The van der Waals surface area contributed by atoms with Gasteiger partial charge >= 0.3 is 6.03 Å². The summed E-state index contributed by atoms with van der Waals surface area (Å²) in [6.07, 6.45) is 12.1. The Kier molecular flexibility index (Phi) is 5.75. The van der Waals surface area contributed by atoms with E-state index in [1.165, 1.54) is 16.8 Å². The minimum Gasteiger partial charge on any atom is -0.338 e. The molecule has 0 bridgehead atoms. The number of aromatic nitrogens is 3. The van der Waals surface area contributed by atoms with E-state index in [9.17, 15) is 4.79 Å². The third-order valence-electron chi connectivity index (χ3n) is 7.41. The minimum atomic E-state index is -0.103. The van der Waals surface area contributed by atoms with E-state index >= 15 is 0 Å². The zero-order valence-corrected chi connectivity index (χ0v) is 19.3. The summed E-state index contributed by atoms with van der Waals surface area (Å²) in [5, 5.41) is 10.8. The number of amides is 2. The molecule has 2 aromatic heterocycles. The summed E-state index contributed by atoms with van der Waals surface area (Å²) in [4.78, 5) is 16.7. The van der Waals surface area contributed by atoms with Gasteiger partial charge in [0, 0.05) is 12.7 Å². The molecule has 3 aromatic rings. The fourth-order valence-electron chi connectivity index (χ4n) is 5.61. The van der Waals surface area contributed by atoms with Crippen LogP contribution in [0.15, 0.2) is 66.6 Å². The van der Waals surface area contributed by atoms with Gasteiger partial charge in [0.25, 0.3) is 0 Å². The molecule has 1 aromatic carbocycles. The number of urea groups is 1. The van der Waals surface area contributed by atoms with Crippen LogP contribution in [0.3, 0.4) is 0 Å². The van der Waals surface area contributed by atoms with E-state index in [-0.39, 0.29) is 17.5 Å². The number of allylic oxidation sites excluding steroid dienone is 1. The number of nitrogens with zero attached hydrogens (tertiary/aromatic N) is 3. The average molecular weight is 442 g/mol. The van der Waals surface area contributed by atoms with Gasteiger partial charge in [-0.1, -0.05) is 42.8 Å². The fraction of sp³-hybridized carbons (Fsp3) is 0.370. The second-order valence-electron chi connectivity index (χ2n) is 9.38. The quantitative estimate of drug-likeness (QED) is 0.561. The maximum Gasteiger partial charge on any atom is 0.315 e. The molecule has 2 amide bonds. The standard InChI is InChI=1S/C27H31N5O/c1-3-29-26(33)31-24(19-8-5-4-6-9-19)14-21-11-12-22-15-25-20(16-27(21,22)2)17-30-32(25)23-10-7-13-28-18-23/h4-10,13,15,17-18,21,24H,3,11-12,14,16H2,1-2H3,(H2,29,31,33)/t21-,24?,27-/m1/s1. The average Bonchev–Trinajstić information content (AvgIpc) is 3.38. The molecule has 170 valence electrons. The number of nitrogens with one attached hydrogen (secondary N) is 2. The molecule has 2 N–H and O–H groups in total. The maximum absolute atomic E-state index is 12.4. The van der Waals surface area contributed by atoms with Crippen molar-refractivity contribution in [2.45, 2.75) is 45.6 Å². The largest absolute Gasteiger partial charge is 0.338 e. The molecule has 1 fully saturated rings. The van der Waals surface area contributed by atoms with Crippen LogP contribution in [0.25, 0.3) is 11.8 Å². The number of hydrogen-bond acceptors (Lipinski definition) is 3. The first kappa shape index (κ1) is 21.4. The summed E-state index contributed by atoms with van der Waals surface area (Å²) in [5.41, 5.74) is 6.18. The lowest BCUT2D eigenvalue weighted by atomic mass is 9.68. The molecule has 1 unspecified atom stereocenters. The second kappa shape index (κ2) is 8.85. The van der Waals surface area contributed by atoms with Gasteiger partial charge in [0.1, 0.15) is 0 Å². The lowest BCUT2D eigenvalue weighted by Gasteiger charge is -2.37. The summed E-state index contributed by atoms with van der Waals surface area (Å²) in [7, 11) is 0. The Morgan fingerprint density at radius 2 is 2.06 bits per heavy atom. The molecular formula is C27H31N5O. The van der Waals surface area contributed by atoms with E-state index in [0.29, 0.717) is 12.5 Å². The van der Waals surface area contributed by atoms with E-state index in [0.717, 1.165) is 36.9 Å². The minimum absolute atomic E-state index is 0.0153. The molecule has 2 heterocycles. The van der Waals surface area contributed by atoms with Crippen molar-refractivity contribution in [1.29, 1.82) is 0 Å². The van der Waals surface area contributed by atoms with Crippen LogP contribution in [0.2, 0.25) is 0 Å². The van der Waals surface area contributed by atoms with Crippen molar-refractivity contribution in [3.8, 4) is 5.69 Å². The molecule has 6 nitrogen and oxygen atoms in total. The summed E-state index contributed by atoms with van der Waals surface area (Å²) < 4.78 is 2.01. The highest BCUT2D eigenvalue weighted by Gasteiger charge is 2.46. The van der Waals surface area contributed by atoms with Gasteiger partial charge in [0.05, 0.1) is 29.8 Å². The molecule has 0 spiro atoms. The van der Waals surface area contributed by atoms with Crippen LogP contribution >= 0.6 is 0 Å². The number of carbonyl (C=O) groups is 1. The number of hydrogen-bond donors (Lipinski definition) is 2. The zero-order valence-electron chi connectivity index (χ0n) is 19.3. The monoisotopic (exact) mass is 441 g/mol. The molecule has 2 aliphatic rings. The molecule has 3 atom stereocenters. The molecule has 0 saturated heterocycles. The van der Waals surface area contributed by atoms with Gasteiger partial charge in [-0.3, -0.25) is 4.98 Å². The molecule has 1 saturated carbocycles. The van der Waals surface area contributed by atoms with Gasteiger partial charge in [0.15, 0.2) is 0 Å². The topological polar surface area (TPSA) is 71.8 Å². The van der Waals surface area contributed by atoms with Crippen LogP contribution < -0.4 is 10.6 Å². The van der Waals surface area contributed by atoms with Crippen molar-refractivity contribution in [3.63, 3.8) is 0 Å². The number of fused-ring (bicyclic) bond motifs is 2. The predicted octanol–water partition coefficient (Wildman–Crippen LogP) is 5.07. The van der Waals surface area contributed by atoms with Crippen molar-refractivity contribution in [2.24, 2.45) is 11.3 Å². The van der Waals surface area contributed by atoms with Gasteiger partial charge in [-0.15, -0.1) is 0 Å². The SMILES string of the molecule is CCNC(=O)NC(C[C@H]1CCC2=Cc3c(cnn3-c3cccnc3)C[C@@]21C)c1ccccc1. The smallest absolute Gasteiger partial charge is 0.315 e. The third-order valence-corrected chi connectivity index (χ3v) is 7.41. The van der Waals surface area contributed by atoms with Gasteiger partial charge in [-0.25, -0.2) is 9.48 Å². The predicted molar refractivity (Wildman–Crippen MR) is 130 cm³/mol. The van der Waals surface area contributed by atoms with Crippen LogP contribution in [0, 0.1) is 11.3 Å². The number of rotatable bonds is 6. The van der Waals surface area contributed by atoms with Crippen LogP contribution in [-0.2, 0) is 6.42 Å². The highest BCUT2D eigenvalue weighted by atomic mass is 16.2. The Balaban J connectivity index is 1.41. The molecule has 0 radical (unpaired) electrons. The second-order valence-corrected chi connectivity index (χ2v) is 9.38. The van der Waals surface area contributed by atoms with E-state index < -0.39 is 0 Å². The Hall–Kier alpha value is -3.41. The van der Waals surface area contributed by atoms with Crippen molar-refractivity contribution < 1.29 is 4.79 Å². The van der Waals surface area contributed by atoms with E-state index in [1.54, 1.807) is 6.20 Å². The van der Waals surface area contributed by atoms with Gasteiger partial charge in [-0.05, 0) is 73.3 Å². The normalized spacial score (nSPS) is 22.1. The van der Waals surface area contributed by atoms with E-state index in [1.807, 2.05) is 54.3 Å². The first-order valence-corrected chi connectivity index (χ1v) is 11.9. The molecule has 0 aliphatic heterocycles. The Bertz CT molecular complexity index is 1150. The Morgan fingerprint density at radius 3 is 2.82 bits per heavy atom. The zero-order chi connectivity index (χ0) is 22.8.